The van der Waals surface area contributed by atoms with Crippen LogP contribution in [0.2, 0.25) is 0 Å². The maximum atomic E-state index is 11.2. The molecule has 7 heteroatoms. The number of carbonyl (C=O) groups is 1. The van der Waals surface area contributed by atoms with Gasteiger partial charge in [0.15, 0.2) is 5.96 Å². The largest absolute Gasteiger partial charge is 0.366 e. The van der Waals surface area contributed by atoms with Gasteiger partial charge in [0.1, 0.15) is 0 Å². The lowest BCUT2D eigenvalue weighted by Gasteiger charge is -2.12. The van der Waals surface area contributed by atoms with E-state index in [1.807, 2.05) is 29.1 Å². The van der Waals surface area contributed by atoms with Gasteiger partial charge < -0.3 is 16.4 Å². The van der Waals surface area contributed by atoms with Crippen LogP contribution in [0.25, 0.3) is 0 Å². The molecule has 0 atom stereocenters. The predicted molar refractivity (Wildman–Crippen MR) is 90.0 cm³/mol. The molecule has 0 aliphatic carbocycles. The number of nitrogens with two attached hydrogens (primary N) is 1. The highest BCUT2D eigenvalue weighted by atomic mass is 16.1. The van der Waals surface area contributed by atoms with Crippen molar-refractivity contribution in [2.75, 3.05) is 13.6 Å². The van der Waals surface area contributed by atoms with E-state index in [4.69, 9.17) is 5.73 Å². The van der Waals surface area contributed by atoms with Crippen LogP contribution in [-0.2, 0) is 13.1 Å². The number of guanidine groups is 1. The van der Waals surface area contributed by atoms with Crippen LogP contribution in [0.15, 0.2) is 47.7 Å². The summed E-state index contributed by atoms with van der Waals surface area (Å²) in [5.74, 6) is 0.294. The summed E-state index contributed by atoms with van der Waals surface area (Å²) in [6.07, 6.45) is 4.66. The molecule has 0 fully saturated rings. The lowest BCUT2D eigenvalue weighted by molar-refractivity contribution is 0.1000. The van der Waals surface area contributed by atoms with Gasteiger partial charge in [-0.25, -0.2) is 0 Å². The standard InChI is InChI=1S/C16H22N6O/c1-18-16(19-7-3-9-22-10-4-8-21-22)20-12-13-5-2-6-14(11-13)15(17)23/h2,4-6,8,10-11H,3,7,9,12H2,1H3,(H2,17,23)(H2,18,19,20). The summed E-state index contributed by atoms with van der Waals surface area (Å²) in [5.41, 5.74) is 6.76. The van der Waals surface area contributed by atoms with Gasteiger partial charge in [-0.05, 0) is 30.2 Å². The minimum atomic E-state index is -0.423. The molecule has 4 N–H and O–H groups in total. The molecule has 0 saturated heterocycles. The van der Waals surface area contributed by atoms with Gasteiger partial charge in [-0.2, -0.15) is 5.10 Å². The van der Waals surface area contributed by atoms with Gasteiger partial charge in [0.05, 0.1) is 0 Å². The van der Waals surface area contributed by atoms with E-state index in [0.29, 0.717) is 12.1 Å². The molecule has 1 aromatic heterocycles. The zero-order valence-electron chi connectivity index (χ0n) is 13.2. The lowest BCUT2D eigenvalue weighted by Crippen LogP contribution is -2.37. The number of primary amides is 1. The summed E-state index contributed by atoms with van der Waals surface area (Å²) in [6, 6.07) is 9.14. The van der Waals surface area contributed by atoms with Gasteiger partial charge in [-0.1, -0.05) is 12.1 Å². The first kappa shape index (κ1) is 16.5. The molecule has 7 nitrogen and oxygen atoms in total. The number of hydrogen-bond donors (Lipinski definition) is 3. The van der Waals surface area contributed by atoms with Gasteiger partial charge in [-0.3, -0.25) is 14.5 Å². The van der Waals surface area contributed by atoms with Crippen molar-refractivity contribution in [2.24, 2.45) is 10.7 Å². The molecule has 1 amide bonds. The van der Waals surface area contributed by atoms with Crippen LogP contribution in [0, 0.1) is 0 Å². The number of aliphatic imine (C=N–C) groups is 1. The molecule has 0 aliphatic heterocycles. The zero-order valence-corrected chi connectivity index (χ0v) is 13.2. The van der Waals surface area contributed by atoms with Crippen molar-refractivity contribution < 1.29 is 4.79 Å². The van der Waals surface area contributed by atoms with Crippen molar-refractivity contribution >= 4 is 11.9 Å². The van der Waals surface area contributed by atoms with Gasteiger partial charge in [-0.15, -0.1) is 0 Å². The Morgan fingerprint density at radius 3 is 2.91 bits per heavy atom. The minimum Gasteiger partial charge on any atom is -0.366 e. The highest BCUT2D eigenvalue weighted by molar-refractivity contribution is 5.92. The number of nitrogens with one attached hydrogen (secondary N) is 2. The first-order chi connectivity index (χ1) is 11.2. The Bertz CT molecular complexity index is 650. The normalized spacial score (nSPS) is 11.3. The fourth-order valence-corrected chi connectivity index (χ4v) is 2.12. The molecule has 0 aliphatic rings. The third kappa shape index (κ3) is 5.46. The number of hydrogen-bond acceptors (Lipinski definition) is 3. The molecule has 23 heavy (non-hydrogen) atoms. The summed E-state index contributed by atoms with van der Waals surface area (Å²) in [7, 11) is 1.72. The summed E-state index contributed by atoms with van der Waals surface area (Å²) in [4.78, 5) is 15.4. The third-order valence-electron chi connectivity index (χ3n) is 3.31. The van der Waals surface area contributed by atoms with E-state index in [1.54, 1.807) is 25.4 Å². The summed E-state index contributed by atoms with van der Waals surface area (Å²) in [5, 5.41) is 10.6. The highest BCUT2D eigenvalue weighted by Crippen LogP contribution is 2.04. The molecule has 0 saturated carbocycles. The van der Waals surface area contributed by atoms with E-state index in [0.717, 1.165) is 31.0 Å². The topological polar surface area (TPSA) is 97.3 Å². The van der Waals surface area contributed by atoms with E-state index < -0.39 is 5.91 Å². The Morgan fingerprint density at radius 1 is 1.35 bits per heavy atom. The Hall–Kier alpha value is -2.83. The van der Waals surface area contributed by atoms with Crippen LogP contribution in [0.3, 0.4) is 0 Å². The van der Waals surface area contributed by atoms with Gasteiger partial charge >= 0.3 is 0 Å². The molecule has 0 radical (unpaired) electrons. The second-order valence-corrected chi connectivity index (χ2v) is 5.04. The predicted octanol–water partition coefficient (Wildman–Crippen LogP) is 0.737. The second-order valence-electron chi connectivity index (χ2n) is 5.04. The molecule has 2 rings (SSSR count). The Morgan fingerprint density at radius 2 is 2.22 bits per heavy atom. The number of benzene rings is 1. The molecule has 0 bridgehead atoms. The van der Waals surface area contributed by atoms with Gasteiger partial charge in [0.25, 0.3) is 0 Å². The molecule has 1 aromatic carbocycles. The highest BCUT2D eigenvalue weighted by Gasteiger charge is 2.02. The van der Waals surface area contributed by atoms with Crippen molar-refractivity contribution in [3.8, 4) is 0 Å². The van der Waals surface area contributed by atoms with E-state index in [-0.39, 0.29) is 0 Å². The summed E-state index contributed by atoms with van der Waals surface area (Å²) < 4.78 is 1.90. The number of amides is 1. The van der Waals surface area contributed by atoms with Crippen molar-refractivity contribution in [1.82, 2.24) is 20.4 Å². The third-order valence-corrected chi connectivity index (χ3v) is 3.31. The first-order valence-electron chi connectivity index (χ1n) is 7.49. The maximum Gasteiger partial charge on any atom is 0.248 e. The van der Waals surface area contributed by atoms with Crippen molar-refractivity contribution in [3.05, 3.63) is 53.9 Å². The van der Waals surface area contributed by atoms with Crippen LogP contribution in [0.1, 0.15) is 22.3 Å². The van der Waals surface area contributed by atoms with Crippen molar-refractivity contribution in [2.45, 2.75) is 19.5 Å². The maximum absolute atomic E-state index is 11.2. The first-order valence-corrected chi connectivity index (χ1v) is 7.49. The number of nitrogens with zero attached hydrogens (tertiary/aromatic N) is 3. The van der Waals surface area contributed by atoms with Crippen molar-refractivity contribution in [1.29, 1.82) is 0 Å². The molecule has 2 aromatic rings. The second kappa shape index (κ2) is 8.57. The fraction of sp³-hybridized carbons (Fsp3) is 0.312. The summed E-state index contributed by atoms with van der Waals surface area (Å²) in [6.45, 7) is 2.22. The monoisotopic (exact) mass is 314 g/mol. The molecular weight excluding hydrogens is 292 g/mol. The van der Waals surface area contributed by atoms with Crippen LogP contribution in [0.4, 0.5) is 0 Å². The zero-order chi connectivity index (χ0) is 16.5. The van der Waals surface area contributed by atoms with E-state index in [1.165, 1.54) is 0 Å². The van der Waals surface area contributed by atoms with E-state index in [9.17, 15) is 4.79 Å². The van der Waals surface area contributed by atoms with E-state index >= 15 is 0 Å². The lowest BCUT2D eigenvalue weighted by atomic mass is 10.1. The summed E-state index contributed by atoms with van der Waals surface area (Å²) >= 11 is 0. The Kier molecular flexibility index (Phi) is 6.17. The van der Waals surface area contributed by atoms with Gasteiger partial charge in [0, 0.05) is 44.6 Å². The van der Waals surface area contributed by atoms with Crippen molar-refractivity contribution in [3.63, 3.8) is 0 Å². The van der Waals surface area contributed by atoms with Gasteiger partial charge in [0.2, 0.25) is 5.91 Å². The number of carbonyl (C=O) groups excluding carboxylic acids is 1. The molecule has 122 valence electrons. The minimum absolute atomic E-state index is 0.423. The average molecular weight is 314 g/mol. The number of rotatable bonds is 7. The van der Waals surface area contributed by atoms with Crippen LogP contribution >= 0.6 is 0 Å². The molecule has 0 unspecified atom stereocenters. The average Bonchev–Trinajstić information content (AvgIpc) is 3.08. The molecule has 1 heterocycles. The molecule has 0 spiro atoms. The number of aryl methyl sites for hydroxylation is 1. The van der Waals surface area contributed by atoms with E-state index in [2.05, 4.69) is 20.7 Å². The molecular formula is C16H22N6O. The quantitative estimate of drug-likeness (QED) is 0.399. The fourth-order valence-electron chi connectivity index (χ4n) is 2.12. The number of aromatic nitrogens is 2. The van der Waals surface area contributed by atoms with Crippen LogP contribution in [0.5, 0.6) is 0 Å². The Balaban J connectivity index is 1.74. The van der Waals surface area contributed by atoms with Crippen LogP contribution < -0.4 is 16.4 Å². The SMILES string of the molecule is CN=C(NCCCn1cccn1)NCc1cccc(C(N)=O)c1. The smallest absolute Gasteiger partial charge is 0.248 e. The Labute approximate surface area is 135 Å². The van der Waals surface area contributed by atoms with Crippen LogP contribution in [-0.4, -0.2) is 35.2 Å².